The van der Waals surface area contributed by atoms with Crippen molar-refractivity contribution in [2.45, 2.75) is 96.3 Å². The molecule has 59 heavy (non-hydrogen) atoms. The molecule has 1 aliphatic rings. The van der Waals surface area contributed by atoms with Crippen molar-refractivity contribution in [1.82, 2.24) is 36.3 Å². The minimum atomic E-state index is -1.42. The quantitative estimate of drug-likeness (QED) is 0.0806. The van der Waals surface area contributed by atoms with Gasteiger partial charge in [-0.25, -0.2) is 0 Å². The van der Waals surface area contributed by atoms with E-state index in [2.05, 4.69) is 45.3 Å². The second kappa shape index (κ2) is 21.3. The molecule has 0 aliphatic heterocycles. The first-order chi connectivity index (χ1) is 28.3. The van der Waals surface area contributed by atoms with E-state index in [0.717, 1.165) is 31.2 Å². The van der Waals surface area contributed by atoms with Gasteiger partial charge in [-0.05, 0) is 63.1 Å². The van der Waals surface area contributed by atoms with Crippen molar-refractivity contribution >= 4 is 40.5 Å². The van der Waals surface area contributed by atoms with Gasteiger partial charge < -0.3 is 40.5 Å². The number of amides is 4. The van der Waals surface area contributed by atoms with Crippen LogP contribution in [0.25, 0.3) is 10.9 Å². The van der Waals surface area contributed by atoms with Crippen LogP contribution in [0.15, 0.2) is 71.4 Å². The number of carbonyl (C=O) groups is 5. The molecule has 2 heterocycles. The van der Waals surface area contributed by atoms with Crippen LogP contribution in [0, 0.1) is 18.8 Å². The molecule has 1 saturated carbocycles. The monoisotopic (exact) mass is 811 g/mol. The van der Waals surface area contributed by atoms with Crippen LogP contribution in [-0.4, -0.2) is 101 Å². The van der Waals surface area contributed by atoms with E-state index >= 15 is 0 Å². The average molecular weight is 812 g/mol. The summed E-state index contributed by atoms with van der Waals surface area (Å²) in [4.78, 5) is 73.8. The molecular formula is C44H57N7O8. The Morgan fingerprint density at radius 3 is 2.34 bits per heavy atom. The molecule has 316 valence electrons. The smallest absolute Gasteiger partial charge is 0.305 e. The van der Waals surface area contributed by atoms with Crippen LogP contribution in [0.5, 0.6) is 5.75 Å². The number of hydrogen-bond acceptors (Lipinski definition) is 10. The molecule has 2 aromatic heterocycles. The summed E-state index contributed by atoms with van der Waals surface area (Å²) in [5, 5.41) is 25.6. The van der Waals surface area contributed by atoms with Gasteiger partial charge in [0, 0.05) is 31.5 Å². The molecule has 15 nitrogen and oxygen atoms in total. The van der Waals surface area contributed by atoms with Gasteiger partial charge in [0.05, 0.1) is 41.5 Å². The van der Waals surface area contributed by atoms with Gasteiger partial charge in [-0.3, -0.25) is 29.0 Å². The predicted octanol–water partition coefficient (Wildman–Crippen LogP) is 4.22. The molecule has 5 rings (SSSR count). The van der Waals surface area contributed by atoms with E-state index in [0.29, 0.717) is 41.6 Å². The van der Waals surface area contributed by atoms with Crippen molar-refractivity contribution in [2.24, 2.45) is 11.8 Å². The summed E-state index contributed by atoms with van der Waals surface area (Å²) in [7, 11) is 3.47. The van der Waals surface area contributed by atoms with Crippen molar-refractivity contribution in [3.05, 3.63) is 89.4 Å². The van der Waals surface area contributed by atoms with E-state index in [1.807, 2.05) is 30.3 Å². The zero-order chi connectivity index (χ0) is 42.5. The number of ether oxygens (including phenoxy) is 1. The largest absolute Gasteiger partial charge is 0.489 e. The molecule has 5 N–H and O–H groups in total. The lowest BCUT2D eigenvalue weighted by atomic mass is 9.94. The molecule has 4 atom stereocenters. The van der Waals surface area contributed by atoms with Crippen LogP contribution in [-0.2, 0) is 32.0 Å². The highest BCUT2D eigenvalue weighted by molar-refractivity contribution is 6.09. The number of aryl methyl sites for hydroxylation is 1. The SMILES string of the molecule is CN[C@@H](CC(C)C)C(=O)N(C)[C@@H](C(=O)N[C@@H](COc1cnc2ccccc2c1C(=O)NC(CC(=O)O)C(=O)NCCc1cc(C)no1)Cc1ccccc1)C1CCCC1. The third-order valence-corrected chi connectivity index (χ3v) is 10.7. The van der Waals surface area contributed by atoms with Crippen LogP contribution in [0.3, 0.4) is 0 Å². The van der Waals surface area contributed by atoms with Gasteiger partial charge in [-0.2, -0.15) is 0 Å². The van der Waals surface area contributed by atoms with E-state index in [-0.39, 0.29) is 48.1 Å². The molecule has 4 amide bonds. The Balaban J connectivity index is 1.39. The molecule has 0 bridgehead atoms. The number of aliphatic carboxylic acids is 1. The average Bonchev–Trinajstić information content (AvgIpc) is 3.90. The molecule has 15 heteroatoms. The highest BCUT2D eigenvalue weighted by Gasteiger charge is 2.39. The van der Waals surface area contributed by atoms with E-state index in [1.165, 1.54) is 6.20 Å². The number of carboxylic acid groups (broad SMARTS) is 1. The number of rotatable bonds is 21. The van der Waals surface area contributed by atoms with Gasteiger partial charge in [0.15, 0.2) is 5.75 Å². The number of carboxylic acids is 1. The molecule has 0 radical (unpaired) electrons. The summed E-state index contributed by atoms with van der Waals surface area (Å²) in [6.07, 6.45) is 5.67. The summed E-state index contributed by atoms with van der Waals surface area (Å²) in [5.74, 6) is -2.24. The number of pyridine rings is 1. The van der Waals surface area contributed by atoms with Gasteiger partial charge in [0.2, 0.25) is 17.7 Å². The maximum atomic E-state index is 14.4. The highest BCUT2D eigenvalue weighted by atomic mass is 16.5. The number of hydrogen-bond donors (Lipinski definition) is 5. The topological polar surface area (TPSA) is 205 Å². The van der Waals surface area contributed by atoms with E-state index < -0.39 is 48.4 Å². The fraction of sp³-hybridized carbons (Fsp3) is 0.477. The lowest BCUT2D eigenvalue weighted by Gasteiger charge is -2.35. The molecule has 0 saturated heterocycles. The molecule has 0 spiro atoms. The second-order valence-corrected chi connectivity index (χ2v) is 15.7. The number of carbonyl (C=O) groups excluding carboxylic acids is 4. The normalized spacial score (nSPS) is 14.9. The second-order valence-electron chi connectivity index (χ2n) is 15.7. The summed E-state index contributed by atoms with van der Waals surface area (Å²) in [5.41, 5.74) is 2.15. The highest BCUT2D eigenvalue weighted by Crippen LogP contribution is 2.31. The standard InChI is InChI=1S/C44H57N7O8/c1-27(2)21-36(45-4)44(57)51(5)40(30-15-9-10-16-30)43(56)48-31(23-29-13-7-6-8-14-29)26-58-37-25-47-34-18-12-11-17-33(34)39(37)42(55)49-35(24-38(52)53)41(54)46-20-19-32-22-28(3)50-59-32/h6-8,11-14,17-18,22,25,27,30-31,35-36,40,45H,9-10,15-16,19-21,23-24,26H2,1-5H3,(H,46,54)(H,48,56)(H,49,55)(H,52,53)/t31-,35?,36+,40-/m1/s1. The van der Waals surface area contributed by atoms with Crippen molar-refractivity contribution in [2.75, 3.05) is 27.2 Å². The van der Waals surface area contributed by atoms with Crippen molar-refractivity contribution < 1.29 is 38.3 Å². The molecule has 1 aliphatic carbocycles. The number of likely N-dealkylation sites (N-methyl/N-ethyl adjacent to an activating group) is 2. The fourth-order valence-electron chi connectivity index (χ4n) is 7.75. The van der Waals surface area contributed by atoms with Gasteiger partial charge in [-0.1, -0.05) is 80.4 Å². The lowest BCUT2D eigenvalue weighted by molar-refractivity contribution is -0.143. The third kappa shape index (κ3) is 12.3. The van der Waals surface area contributed by atoms with Crippen LogP contribution >= 0.6 is 0 Å². The summed E-state index contributed by atoms with van der Waals surface area (Å²) < 4.78 is 11.6. The molecule has 1 unspecified atom stereocenters. The first-order valence-electron chi connectivity index (χ1n) is 20.4. The van der Waals surface area contributed by atoms with Gasteiger partial charge in [0.25, 0.3) is 5.91 Å². The Kier molecular flexibility index (Phi) is 15.9. The number of benzene rings is 2. The van der Waals surface area contributed by atoms with Crippen LogP contribution in [0.2, 0.25) is 0 Å². The Morgan fingerprint density at radius 1 is 0.966 bits per heavy atom. The zero-order valence-electron chi connectivity index (χ0n) is 34.5. The van der Waals surface area contributed by atoms with Gasteiger partial charge in [0.1, 0.15) is 24.5 Å². The van der Waals surface area contributed by atoms with Crippen molar-refractivity contribution in [3.63, 3.8) is 0 Å². The Morgan fingerprint density at radius 2 is 1.68 bits per heavy atom. The molecule has 2 aromatic carbocycles. The van der Waals surface area contributed by atoms with Crippen molar-refractivity contribution in [1.29, 1.82) is 0 Å². The van der Waals surface area contributed by atoms with E-state index in [1.54, 1.807) is 56.3 Å². The van der Waals surface area contributed by atoms with Gasteiger partial charge in [-0.15, -0.1) is 0 Å². The van der Waals surface area contributed by atoms with E-state index in [4.69, 9.17) is 9.26 Å². The first-order valence-corrected chi connectivity index (χ1v) is 20.4. The summed E-state index contributed by atoms with van der Waals surface area (Å²) in [6.45, 7) is 5.93. The Bertz CT molecular complexity index is 2050. The van der Waals surface area contributed by atoms with Crippen LogP contribution < -0.4 is 26.0 Å². The lowest BCUT2D eigenvalue weighted by Crippen LogP contribution is -2.57. The predicted molar refractivity (Wildman–Crippen MR) is 222 cm³/mol. The van der Waals surface area contributed by atoms with Gasteiger partial charge >= 0.3 is 5.97 Å². The number of para-hydroxylation sites is 1. The number of nitrogens with one attached hydrogen (secondary N) is 4. The fourth-order valence-corrected chi connectivity index (χ4v) is 7.75. The Labute approximate surface area is 345 Å². The minimum Gasteiger partial charge on any atom is -0.489 e. The maximum Gasteiger partial charge on any atom is 0.305 e. The maximum absolute atomic E-state index is 14.4. The van der Waals surface area contributed by atoms with Crippen LogP contribution in [0.1, 0.15) is 79.7 Å². The number of nitrogens with zero attached hydrogens (tertiary/aromatic N) is 3. The Hall–Kier alpha value is -5.83. The third-order valence-electron chi connectivity index (χ3n) is 10.7. The zero-order valence-corrected chi connectivity index (χ0v) is 34.5. The first kappa shape index (κ1) is 44.3. The number of fused-ring (bicyclic) bond motifs is 1. The molecule has 1 fully saturated rings. The van der Waals surface area contributed by atoms with Crippen molar-refractivity contribution in [3.8, 4) is 5.75 Å². The number of aromatic nitrogens is 2. The van der Waals surface area contributed by atoms with Crippen LogP contribution in [0.4, 0.5) is 0 Å². The minimum absolute atomic E-state index is 0.0129. The molecular weight excluding hydrogens is 755 g/mol. The summed E-state index contributed by atoms with van der Waals surface area (Å²) in [6, 6.07) is 15.1. The molecule has 4 aromatic rings. The van der Waals surface area contributed by atoms with E-state index in [9.17, 15) is 29.1 Å². The summed E-state index contributed by atoms with van der Waals surface area (Å²) >= 11 is 0.